The van der Waals surface area contributed by atoms with Crippen molar-refractivity contribution in [3.63, 3.8) is 0 Å². The summed E-state index contributed by atoms with van der Waals surface area (Å²) in [7, 11) is 0. The molecule has 0 aliphatic carbocycles. The van der Waals surface area contributed by atoms with E-state index in [0.29, 0.717) is 0 Å². The van der Waals surface area contributed by atoms with Gasteiger partial charge in [-0.3, -0.25) is 0 Å². The molecular weight excluding hydrogens is 647 g/mol. The van der Waals surface area contributed by atoms with Gasteiger partial charge in [0.1, 0.15) is 5.58 Å². The summed E-state index contributed by atoms with van der Waals surface area (Å²) in [6.07, 6.45) is 0. The van der Waals surface area contributed by atoms with E-state index < -0.39 is 0 Å². The molecule has 0 atom stereocenters. The monoisotopic (exact) mass is 673 g/mol. The summed E-state index contributed by atoms with van der Waals surface area (Å²) in [4.78, 5) is 2.42. The van der Waals surface area contributed by atoms with Crippen LogP contribution >= 0.6 is 22.7 Å². The zero-order valence-corrected chi connectivity index (χ0v) is 28.4. The van der Waals surface area contributed by atoms with Gasteiger partial charge in [-0.1, -0.05) is 115 Å². The average Bonchev–Trinajstić information content (AvgIpc) is 3.87. The van der Waals surface area contributed by atoms with Crippen molar-refractivity contribution in [2.45, 2.75) is 0 Å². The average molecular weight is 674 g/mol. The maximum atomic E-state index is 6.97. The zero-order valence-electron chi connectivity index (χ0n) is 26.8. The number of rotatable bonds is 4. The zero-order chi connectivity index (χ0) is 32.8. The number of furan rings is 1. The van der Waals surface area contributed by atoms with E-state index in [9.17, 15) is 0 Å². The predicted molar refractivity (Wildman–Crippen MR) is 217 cm³/mol. The van der Waals surface area contributed by atoms with E-state index in [1.165, 1.54) is 56.9 Å². The number of para-hydroxylation sites is 1. The molecule has 4 heteroatoms. The highest BCUT2D eigenvalue weighted by Crippen LogP contribution is 2.51. The first-order valence-electron chi connectivity index (χ1n) is 16.8. The second kappa shape index (κ2) is 10.8. The maximum Gasteiger partial charge on any atom is 0.159 e. The quantitative estimate of drug-likeness (QED) is 0.185. The molecule has 0 saturated carbocycles. The standard InChI is InChI=1S/C46H27NOS2/c1-2-10-28(11-3-1)29-20-23-31(24-21-29)47(38-17-8-15-34-35-25-22-30-12-4-5-13-32(30)44(35)48-45(34)38)37-16-9-19-40-42(37)43-41(49-40)27-26-36-33-14-6-7-18-39(33)50-46(36)43/h1-27H. The van der Waals surface area contributed by atoms with Crippen LogP contribution in [0.5, 0.6) is 0 Å². The van der Waals surface area contributed by atoms with Crippen molar-refractivity contribution in [3.05, 3.63) is 164 Å². The molecule has 0 aliphatic heterocycles. The summed E-state index contributed by atoms with van der Waals surface area (Å²) >= 11 is 3.77. The van der Waals surface area contributed by atoms with Crippen LogP contribution in [-0.2, 0) is 0 Å². The van der Waals surface area contributed by atoms with Crippen molar-refractivity contribution in [3.8, 4) is 11.1 Å². The maximum absolute atomic E-state index is 6.97. The first-order valence-corrected chi connectivity index (χ1v) is 18.5. The lowest BCUT2D eigenvalue weighted by atomic mass is 10.0. The SMILES string of the molecule is c1ccc(-c2ccc(N(c3cccc4c3oc3c5ccccc5ccc43)c3cccc4sc5ccc6c7ccccc7sc6c5c34)cc2)cc1. The molecule has 0 radical (unpaired) electrons. The van der Waals surface area contributed by atoms with E-state index in [2.05, 4.69) is 169 Å². The second-order valence-electron chi connectivity index (χ2n) is 12.8. The Morgan fingerprint density at radius 3 is 1.94 bits per heavy atom. The van der Waals surface area contributed by atoms with Crippen LogP contribution in [0.1, 0.15) is 0 Å². The van der Waals surface area contributed by atoms with Gasteiger partial charge < -0.3 is 9.32 Å². The first-order chi connectivity index (χ1) is 24.8. The lowest BCUT2D eigenvalue weighted by molar-refractivity contribution is 0.673. The van der Waals surface area contributed by atoms with E-state index in [0.717, 1.165) is 44.4 Å². The Hall–Kier alpha value is -5.94. The van der Waals surface area contributed by atoms with E-state index in [1.807, 2.05) is 22.7 Å². The van der Waals surface area contributed by atoms with E-state index in [4.69, 9.17) is 4.42 Å². The molecule has 11 aromatic rings. The summed E-state index contributed by atoms with van der Waals surface area (Å²) in [5.41, 5.74) is 7.45. The normalized spacial score (nSPS) is 12.0. The highest BCUT2D eigenvalue weighted by molar-refractivity contribution is 7.29. The summed E-state index contributed by atoms with van der Waals surface area (Å²) in [6, 6.07) is 59.2. The van der Waals surface area contributed by atoms with Crippen molar-refractivity contribution in [2.24, 2.45) is 0 Å². The number of benzene rings is 8. The van der Waals surface area contributed by atoms with Gasteiger partial charge in [0.05, 0.1) is 11.4 Å². The number of hydrogen-bond donors (Lipinski definition) is 0. The lowest BCUT2D eigenvalue weighted by Gasteiger charge is -2.26. The minimum absolute atomic E-state index is 0.884. The van der Waals surface area contributed by atoms with E-state index in [1.54, 1.807) is 0 Å². The summed E-state index contributed by atoms with van der Waals surface area (Å²) in [5, 5.41) is 9.79. The summed E-state index contributed by atoms with van der Waals surface area (Å²) in [6.45, 7) is 0. The van der Waals surface area contributed by atoms with Crippen LogP contribution in [0.3, 0.4) is 0 Å². The second-order valence-corrected chi connectivity index (χ2v) is 15.0. The molecule has 8 aromatic carbocycles. The highest BCUT2D eigenvalue weighted by atomic mass is 32.1. The summed E-state index contributed by atoms with van der Waals surface area (Å²) < 4.78 is 12.2. The fourth-order valence-corrected chi connectivity index (χ4v) is 10.2. The number of anilines is 3. The fraction of sp³-hybridized carbons (Fsp3) is 0. The Bertz CT molecular complexity index is 3090. The van der Waals surface area contributed by atoms with Gasteiger partial charge in [0.2, 0.25) is 0 Å². The topological polar surface area (TPSA) is 16.4 Å². The molecule has 0 fully saturated rings. The van der Waals surface area contributed by atoms with Crippen LogP contribution in [0.25, 0.3) is 84.2 Å². The molecular formula is C46H27NOS2. The van der Waals surface area contributed by atoms with Gasteiger partial charge in [-0.05, 0) is 65.0 Å². The minimum Gasteiger partial charge on any atom is -0.453 e. The van der Waals surface area contributed by atoms with E-state index in [-0.39, 0.29) is 0 Å². The third-order valence-electron chi connectivity index (χ3n) is 10.1. The fourth-order valence-electron chi connectivity index (χ4n) is 7.78. The van der Waals surface area contributed by atoms with Crippen molar-refractivity contribution >= 4 is 113 Å². The molecule has 0 N–H and O–H groups in total. The van der Waals surface area contributed by atoms with Gasteiger partial charge in [0.25, 0.3) is 0 Å². The lowest BCUT2D eigenvalue weighted by Crippen LogP contribution is -2.10. The van der Waals surface area contributed by atoms with Crippen LogP contribution in [-0.4, -0.2) is 0 Å². The van der Waals surface area contributed by atoms with Gasteiger partial charge in [-0.15, -0.1) is 22.7 Å². The largest absolute Gasteiger partial charge is 0.453 e. The molecule has 2 nitrogen and oxygen atoms in total. The van der Waals surface area contributed by atoms with Crippen LogP contribution in [0, 0.1) is 0 Å². The van der Waals surface area contributed by atoms with Gasteiger partial charge >= 0.3 is 0 Å². The molecule has 3 aromatic heterocycles. The predicted octanol–water partition coefficient (Wildman–Crippen LogP) is 14.6. The summed E-state index contributed by atoms with van der Waals surface area (Å²) in [5.74, 6) is 0. The number of hydrogen-bond acceptors (Lipinski definition) is 4. The highest BCUT2D eigenvalue weighted by Gasteiger charge is 2.24. The van der Waals surface area contributed by atoms with Gasteiger partial charge in [-0.2, -0.15) is 0 Å². The Morgan fingerprint density at radius 1 is 0.380 bits per heavy atom. The van der Waals surface area contributed by atoms with Crippen LogP contribution < -0.4 is 4.90 Å². The minimum atomic E-state index is 0.884. The van der Waals surface area contributed by atoms with Gasteiger partial charge in [0, 0.05) is 62.2 Å². The molecule has 0 spiro atoms. The van der Waals surface area contributed by atoms with E-state index >= 15 is 0 Å². The molecule has 50 heavy (non-hydrogen) atoms. The Balaban J connectivity index is 1.23. The third-order valence-corrected chi connectivity index (χ3v) is 12.4. The van der Waals surface area contributed by atoms with Crippen molar-refractivity contribution in [1.29, 1.82) is 0 Å². The van der Waals surface area contributed by atoms with Crippen LogP contribution in [0.4, 0.5) is 17.1 Å². The van der Waals surface area contributed by atoms with Gasteiger partial charge in [0.15, 0.2) is 5.58 Å². The van der Waals surface area contributed by atoms with Gasteiger partial charge in [-0.25, -0.2) is 0 Å². The molecule has 0 unspecified atom stereocenters. The first kappa shape index (κ1) is 28.0. The Kier molecular flexibility index (Phi) is 6.03. The molecule has 234 valence electrons. The molecule has 11 rings (SSSR count). The van der Waals surface area contributed by atoms with Crippen LogP contribution in [0.15, 0.2) is 168 Å². The van der Waals surface area contributed by atoms with Crippen molar-refractivity contribution < 1.29 is 4.42 Å². The molecule has 3 heterocycles. The number of fused-ring (bicyclic) bond motifs is 12. The van der Waals surface area contributed by atoms with Crippen LogP contribution in [0.2, 0.25) is 0 Å². The van der Waals surface area contributed by atoms with Crippen molar-refractivity contribution in [1.82, 2.24) is 0 Å². The third kappa shape index (κ3) is 4.07. The van der Waals surface area contributed by atoms with Crippen molar-refractivity contribution in [2.75, 3.05) is 4.90 Å². The Morgan fingerprint density at radius 2 is 1.04 bits per heavy atom. The Labute approximate surface area is 295 Å². The molecule has 0 saturated heterocycles. The smallest absolute Gasteiger partial charge is 0.159 e. The molecule has 0 aliphatic rings. The molecule has 0 bridgehead atoms. The number of nitrogens with zero attached hydrogens (tertiary/aromatic N) is 1. The molecule has 0 amide bonds. The number of thiophene rings is 2.